The lowest BCUT2D eigenvalue weighted by Gasteiger charge is -2.16. The minimum atomic E-state index is -4.83. The second-order valence-electron chi connectivity index (χ2n) is 4.85. The van der Waals surface area contributed by atoms with Crippen LogP contribution in [0.4, 0.5) is 14.5 Å². The molecule has 1 amide bonds. The average molecular weight is 385 g/mol. The third-order valence-electron chi connectivity index (χ3n) is 2.87. The number of amides is 1. The summed E-state index contributed by atoms with van der Waals surface area (Å²) in [5.74, 6) is -5.30. The summed E-state index contributed by atoms with van der Waals surface area (Å²) in [5, 5.41) is 10.2. The van der Waals surface area contributed by atoms with Gasteiger partial charge in [-0.05, 0) is 6.42 Å². The van der Waals surface area contributed by atoms with E-state index < -0.39 is 55.2 Å². The van der Waals surface area contributed by atoms with Gasteiger partial charge in [-0.15, -0.1) is 0 Å². The van der Waals surface area contributed by atoms with Gasteiger partial charge in [-0.3, -0.25) is 9.59 Å². The van der Waals surface area contributed by atoms with E-state index in [2.05, 4.69) is 5.32 Å². The Kier molecular flexibility index (Phi) is 6.64. The van der Waals surface area contributed by atoms with Crippen LogP contribution in [0, 0.1) is 11.6 Å². The van der Waals surface area contributed by atoms with Crippen molar-refractivity contribution in [1.29, 1.82) is 0 Å². The van der Waals surface area contributed by atoms with Crippen LogP contribution >= 0.6 is 11.6 Å². The van der Waals surface area contributed by atoms with E-state index in [9.17, 15) is 26.8 Å². The highest BCUT2D eigenvalue weighted by Crippen LogP contribution is 2.32. The Balaban J connectivity index is 3.37. The molecule has 0 aliphatic heterocycles. The molecule has 0 aliphatic rings. The standard InChI is InChI=1S/C13H15ClF2N2O5S/c1-3-4-8(13(20)21)18-24(22,23)12-7(15)5-9(17-6(2)19)10(14)11(12)16/h5,8,18H,3-4H2,1-2H3,(H,17,19)(H,20,21). The van der Waals surface area contributed by atoms with E-state index in [0.29, 0.717) is 12.5 Å². The monoisotopic (exact) mass is 384 g/mol. The largest absolute Gasteiger partial charge is 0.480 e. The summed E-state index contributed by atoms with van der Waals surface area (Å²) in [5.41, 5.74) is -0.443. The molecule has 1 aromatic rings. The minimum absolute atomic E-state index is 0.0739. The molecule has 1 unspecified atom stereocenters. The molecule has 0 saturated carbocycles. The second-order valence-corrected chi connectivity index (χ2v) is 6.87. The number of carbonyl (C=O) groups excluding carboxylic acids is 1. The zero-order chi connectivity index (χ0) is 18.7. The number of anilines is 1. The number of halogens is 3. The molecule has 24 heavy (non-hydrogen) atoms. The summed E-state index contributed by atoms with van der Waals surface area (Å²) in [6.45, 7) is 2.69. The predicted octanol–water partition coefficient (Wildman–Crippen LogP) is 2.11. The van der Waals surface area contributed by atoms with E-state index in [0.717, 1.165) is 6.92 Å². The van der Waals surface area contributed by atoms with Gasteiger partial charge < -0.3 is 10.4 Å². The first-order valence-electron chi connectivity index (χ1n) is 6.71. The van der Waals surface area contributed by atoms with Crippen molar-refractivity contribution >= 4 is 39.2 Å². The number of aliphatic carboxylic acids is 1. The lowest BCUT2D eigenvalue weighted by molar-refractivity contribution is -0.139. The van der Waals surface area contributed by atoms with Gasteiger partial charge in [0.1, 0.15) is 16.9 Å². The first kappa shape index (κ1) is 20.3. The van der Waals surface area contributed by atoms with Crippen molar-refractivity contribution < 1.29 is 31.9 Å². The Morgan fingerprint density at radius 1 is 1.38 bits per heavy atom. The normalized spacial score (nSPS) is 12.7. The van der Waals surface area contributed by atoms with E-state index in [1.54, 1.807) is 11.6 Å². The molecule has 3 N–H and O–H groups in total. The summed E-state index contributed by atoms with van der Waals surface area (Å²) < 4.78 is 54.3. The molecule has 134 valence electrons. The Morgan fingerprint density at radius 3 is 2.42 bits per heavy atom. The van der Waals surface area contributed by atoms with E-state index in [1.165, 1.54) is 0 Å². The third-order valence-corrected chi connectivity index (χ3v) is 4.74. The maximum absolute atomic E-state index is 14.2. The molecule has 11 heteroatoms. The van der Waals surface area contributed by atoms with E-state index in [4.69, 9.17) is 16.7 Å². The molecule has 1 atom stereocenters. The van der Waals surface area contributed by atoms with Gasteiger partial charge in [-0.25, -0.2) is 17.2 Å². The number of carboxylic acids is 1. The Hall–Kier alpha value is -1.78. The van der Waals surface area contributed by atoms with Gasteiger partial charge in [0.2, 0.25) is 15.9 Å². The summed E-state index contributed by atoms with van der Waals surface area (Å²) in [6.07, 6.45) is 0.252. The topological polar surface area (TPSA) is 113 Å². The van der Waals surface area contributed by atoms with Crippen LogP contribution in [-0.4, -0.2) is 31.4 Å². The highest BCUT2D eigenvalue weighted by Gasteiger charge is 2.32. The zero-order valence-electron chi connectivity index (χ0n) is 12.7. The number of benzene rings is 1. The number of nitrogens with one attached hydrogen (secondary N) is 2. The number of carbonyl (C=O) groups is 2. The molecule has 0 spiro atoms. The van der Waals surface area contributed by atoms with Crippen LogP contribution in [0.5, 0.6) is 0 Å². The molecular weight excluding hydrogens is 370 g/mol. The van der Waals surface area contributed by atoms with Crippen LogP contribution in [0.25, 0.3) is 0 Å². The van der Waals surface area contributed by atoms with Crippen LogP contribution in [-0.2, 0) is 19.6 Å². The van der Waals surface area contributed by atoms with Crippen molar-refractivity contribution in [2.45, 2.75) is 37.6 Å². The lowest BCUT2D eigenvalue weighted by atomic mass is 10.2. The number of sulfonamides is 1. The van der Waals surface area contributed by atoms with Crippen molar-refractivity contribution in [3.05, 3.63) is 22.7 Å². The summed E-state index contributed by atoms with van der Waals surface area (Å²) in [4.78, 5) is 20.6. The molecule has 0 radical (unpaired) electrons. The smallest absolute Gasteiger partial charge is 0.321 e. The molecule has 0 fully saturated rings. The fourth-order valence-electron chi connectivity index (χ4n) is 1.87. The molecule has 0 aliphatic carbocycles. The predicted molar refractivity (Wildman–Crippen MR) is 82.3 cm³/mol. The van der Waals surface area contributed by atoms with Crippen molar-refractivity contribution in [2.75, 3.05) is 5.32 Å². The number of hydrogen-bond acceptors (Lipinski definition) is 4. The number of carboxylic acid groups (broad SMARTS) is 1. The zero-order valence-corrected chi connectivity index (χ0v) is 14.3. The van der Waals surface area contributed by atoms with Crippen LogP contribution in [0.1, 0.15) is 26.7 Å². The van der Waals surface area contributed by atoms with Crippen molar-refractivity contribution in [3.8, 4) is 0 Å². The summed E-state index contributed by atoms with van der Waals surface area (Å²) >= 11 is 5.62. The van der Waals surface area contributed by atoms with Gasteiger partial charge in [-0.2, -0.15) is 4.72 Å². The van der Waals surface area contributed by atoms with Crippen LogP contribution in [0.3, 0.4) is 0 Å². The van der Waals surface area contributed by atoms with Gasteiger partial charge in [0.15, 0.2) is 10.7 Å². The SMILES string of the molecule is CCCC(NS(=O)(=O)c1c(F)cc(NC(C)=O)c(Cl)c1F)C(=O)O. The molecule has 1 rings (SSSR count). The molecule has 7 nitrogen and oxygen atoms in total. The van der Waals surface area contributed by atoms with Crippen LogP contribution in [0.15, 0.2) is 11.0 Å². The van der Waals surface area contributed by atoms with E-state index >= 15 is 0 Å². The third kappa shape index (κ3) is 4.62. The molecule has 0 saturated heterocycles. The highest BCUT2D eigenvalue weighted by molar-refractivity contribution is 7.89. The number of hydrogen-bond donors (Lipinski definition) is 3. The summed E-state index contributed by atoms with van der Waals surface area (Å²) in [6, 6.07) is -1.01. The molecule has 0 bridgehead atoms. The van der Waals surface area contributed by atoms with Crippen LogP contribution < -0.4 is 10.0 Å². The van der Waals surface area contributed by atoms with Gasteiger partial charge >= 0.3 is 5.97 Å². The van der Waals surface area contributed by atoms with Crippen LogP contribution in [0.2, 0.25) is 5.02 Å². The highest BCUT2D eigenvalue weighted by atomic mass is 35.5. The van der Waals surface area contributed by atoms with Crippen molar-refractivity contribution in [1.82, 2.24) is 4.72 Å². The fourth-order valence-corrected chi connectivity index (χ4v) is 3.49. The maximum Gasteiger partial charge on any atom is 0.321 e. The molecule has 1 aromatic carbocycles. The molecule has 0 aromatic heterocycles. The Bertz CT molecular complexity index is 770. The first-order chi connectivity index (χ1) is 11.0. The van der Waals surface area contributed by atoms with Gasteiger partial charge in [0.25, 0.3) is 0 Å². The maximum atomic E-state index is 14.2. The van der Waals surface area contributed by atoms with Gasteiger partial charge in [-0.1, -0.05) is 24.9 Å². The molecule has 0 heterocycles. The first-order valence-corrected chi connectivity index (χ1v) is 8.57. The van der Waals surface area contributed by atoms with Crippen molar-refractivity contribution in [2.24, 2.45) is 0 Å². The Morgan fingerprint density at radius 2 is 1.96 bits per heavy atom. The quantitative estimate of drug-likeness (QED) is 0.623. The van der Waals surface area contributed by atoms with Gasteiger partial charge in [0.05, 0.1) is 5.69 Å². The Labute approximate surface area is 142 Å². The molecular formula is C13H15ClF2N2O5S. The lowest BCUT2D eigenvalue weighted by Crippen LogP contribution is -2.41. The van der Waals surface area contributed by atoms with Crippen molar-refractivity contribution in [3.63, 3.8) is 0 Å². The minimum Gasteiger partial charge on any atom is -0.480 e. The van der Waals surface area contributed by atoms with Gasteiger partial charge in [0, 0.05) is 13.0 Å². The number of rotatable bonds is 7. The summed E-state index contributed by atoms with van der Waals surface area (Å²) in [7, 11) is -4.83. The van der Waals surface area contributed by atoms with E-state index in [1.807, 2.05) is 0 Å². The average Bonchev–Trinajstić information content (AvgIpc) is 2.42. The second kappa shape index (κ2) is 7.86. The van der Waals surface area contributed by atoms with E-state index in [-0.39, 0.29) is 6.42 Å². The fraction of sp³-hybridized carbons (Fsp3) is 0.385.